The van der Waals surface area contributed by atoms with E-state index in [0.29, 0.717) is 28.2 Å². The van der Waals surface area contributed by atoms with Crippen LogP contribution in [0.3, 0.4) is 0 Å². The summed E-state index contributed by atoms with van der Waals surface area (Å²) in [6, 6.07) is 13.2. The van der Waals surface area contributed by atoms with Crippen molar-refractivity contribution in [3.63, 3.8) is 0 Å². The highest BCUT2D eigenvalue weighted by Crippen LogP contribution is 2.33. The van der Waals surface area contributed by atoms with Gasteiger partial charge in [-0.3, -0.25) is 0 Å². The van der Waals surface area contributed by atoms with Crippen LogP contribution in [0, 0.1) is 0 Å². The summed E-state index contributed by atoms with van der Waals surface area (Å²) in [7, 11) is 1.60. The Morgan fingerprint density at radius 1 is 1.07 bits per heavy atom. The first-order valence-electron chi connectivity index (χ1n) is 9.39. The second-order valence-corrected chi connectivity index (χ2v) is 7.85. The van der Waals surface area contributed by atoms with Gasteiger partial charge in [0.2, 0.25) is 0 Å². The number of para-hydroxylation sites is 1. The van der Waals surface area contributed by atoms with Gasteiger partial charge in [-0.2, -0.15) is 0 Å². The quantitative estimate of drug-likeness (QED) is 0.353. The molecule has 146 valence electrons. The molecule has 0 unspecified atom stereocenters. The molecular weight excluding hydrogens is 388 g/mol. The highest BCUT2D eigenvalue weighted by atomic mass is 32.2. The first-order valence-corrected chi connectivity index (χ1v) is 10.4. The van der Waals surface area contributed by atoms with E-state index in [1.54, 1.807) is 13.2 Å². The minimum atomic E-state index is -0.341. The standard InChI is InChI=1S/C22H18N2O4S/c1-26-18-8-3-2-7-16(18)21-23-24-22(28-21)29-12-15-11-20(25)27-19-10-14-6-4-5-13(14)9-17(15)19/h2-3,7-11H,4-6,12H2,1H3. The maximum Gasteiger partial charge on any atom is 0.336 e. The van der Waals surface area contributed by atoms with Crippen molar-refractivity contribution in [2.75, 3.05) is 7.11 Å². The Balaban J connectivity index is 1.43. The van der Waals surface area contributed by atoms with Gasteiger partial charge in [0.25, 0.3) is 11.1 Å². The second kappa shape index (κ2) is 7.40. The molecule has 2 aromatic carbocycles. The molecule has 7 heteroatoms. The van der Waals surface area contributed by atoms with Crippen molar-refractivity contribution in [1.29, 1.82) is 0 Å². The number of hydrogen-bond donors (Lipinski definition) is 0. The molecule has 0 aliphatic heterocycles. The van der Waals surface area contributed by atoms with Crippen molar-refractivity contribution in [2.45, 2.75) is 30.2 Å². The van der Waals surface area contributed by atoms with Gasteiger partial charge < -0.3 is 13.6 Å². The van der Waals surface area contributed by atoms with Crippen molar-refractivity contribution >= 4 is 22.7 Å². The van der Waals surface area contributed by atoms with Gasteiger partial charge in [-0.05, 0) is 60.2 Å². The second-order valence-electron chi connectivity index (χ2n) is 6.92. The molecule has 6 nitrogen and oxygen atoms in total. The highest BCUT2D eigenvalue weighted by molar-refractivity contribution is 7.98. The van der Waals surface area contributed by atoms with Gasteiger partial charge >= 0.3 is 5.63 Å². The normalized spacial score (nSPS) is 13.0. The molecule has 0 bridgehead atoms. The van der Waals surface area contributed by atoms with E-state index in [2.05, 4.69) is 16.3 Å². The molecule has 0 saturated carbocycles. The summed E-state index contributed by atoms with van der Waals surface area (Å²) in [4.78, 5) is 12.0. The maximum atomic E-state index is 12.0. The molecule has 0 fully saturated rings. The lowest BCUT2D eigenvalue weighted by atomic mass is 10.0. The summed E-state index contributed by atoms with van der Waals surface area (Å²) in [5.41, 5.74) is 4.58. The Morgan fingerprint density at radius 3 is 2.76 bits per heavy atom. The molecule has 29 heavy (non-hydrogen) atoms. The van der Waals surface area contributed by atoms with Gasteiger partial charge in [0.15, 0.2) is 0 Å². The first-order chi connectivity index (χ1) is 14.2. The predicted molar refractivity (Wildman–Crippen MR) is 110 cm³/mol. The van der Waals surface area contributed by atoms with Crippen LogP contribution in [0.25, 0.3) is 22.4 Å². The summed E-state index contributed by atoms with van der Waals surface area (Å²) in [6.07, 6.45) is 3.26. The van der Waals surface area contributed by atoms with E-state index in [1.807, 2.05) is 30.3 Å². The van der Waals surface area contributed by atoms with Gasteiger partial charge in [0, 0.05) is 17.2 Å². The van der Waals surface area contributed by atoms with Crippen LogP contribution >= 0.6 is 11.8 Å². The average Bonchev–Trinajstić information content (AvgIpc) is 3.39. The van der Waals surface area contributed by atoms with E-state index in [-0.39, 0.29) is 5.63 Å². The number of thioether (sulfide) groups is 1. The monoisotopic (exact) mass is 406 g/mol. The number of aromatic nitrogens is 2. The summed E-state index contributed by atoms with van der Waals surface area (Å²) in [6.45, 7) is 0. The number of benzene rings is 2. The van der Waals surface area contributed by atoms with Gasteiger partial charge in [-0.1, -0.05) is 23.9 Å². The van der Waals surface area contributed by atoms with Crippen LogP contribution in [-0.4, -0.2) is 17.3 Å². The molecule has 0 radical (unpaired) electrons. The Labute approximate surface area is 170 Å². The Kier molecular flexibility index (Phi) is 4.60. The third-order valence-corrected chi connectivity index (χ3v) is 6.00. The smallest absolute Gasteiger partial charge is 0.336 e. The SMILES string of the molecule is COc1ccccc1-c1nnc(SCc2cc(=O)oc3cc4c(cc23)CCC4)o1. The lowest BCUT2D eigenvalue weighted by molar-refractivity contribution is 0.411. The summed E-state index contributed by atoms with van der Waals surface area (Å²) >= 11 is 1.40. The van der Waals surface area contributed by atoms with Crippen LogP contribution in [0.5, 0.6) is 5.75 Å². The zero-order chi connectivity index (χ0) is 19.8. The molecule has 0 amide bonds. The van der Waals surface area contributed by atoms with Gasteiger partial charge in [-0.15, -0.1) is 10.2 Å². The lowest BCUT2D eigenvalue weighted by Gasteiger charge is -2.07. The Morgan fingerprint density at radius 2 is 1.90 bits per heavy atom. The number of methoxy groups -OCH3 is 1. The first kappa shape index (κ1) is 18.0. The van der Waals surface area contributed by atoms with E-state index >= 15 is 0 Å². The van der Waals surface area contributed by atoms with Crippen LogP contribution in [0.15, 0.2) is 61.3 Å². The summed E-state index contributed by atoms with van der Waals surface area (Å²) < 4.78 is 16.6. The molecule has 0 spiro atoms. The average molecular weight is 406 g/mol. The fourth-order valence-electron chi connectivity index (χ4n) is 3.75. The molecular formula is C22H18N2O4S. The van der Waals surface area contributed by atoms with E-state index in [0.717, 1.165) is 35.8 Å². The lowest BCUT2D eigenvalue weighted by Crippen LogP contribution is -2.01. The minimum Gasteiger partial charge on any atom is -0.496 e. The molecule has 5 rings (SSSR count). The molecule has 0 atom stereocenters. The summed E-state index contributed by atoms with van der Waals surface area (Å²) in [5, 5.41) is 9.68. The third kappa shape index (κ3) is 3.42. The van der Waals surface area contributed by atoms with E-state index in [4.69, 9.17) is 13.6 Å². The largest absolute Gasteiger partial charge is 0.496 e. The van der Waals surface area contributed by atoms with E-state index in [9.17, 15) is 4.79 Å². The van der Waals surface area contributed by atoms with Crippen molar-refractivity contribution in [1.82, 2.24) is 10.2 Å². The Hall–Kier alpha value is -3.06. The number of hydrogen-bond acceptors (Lipinski definition) is 7. The van der Waals surface area contributed by atoms with Crippen LogP contribution in [0.1, 0.15) is 23.1 Å². The molecule has 1 aliphatic rings. The van der Waals surface area contributed by atoms with Crippen molar-refractivity contribution in [2.24, 2.45) is 0 Å². The predicted octanol–water partition coefficient (Wildman–Crippen LogP) is 4.63. The molecule has 2 aromatic heterocycles. The van der Waals surface area contributed by atoms with Crippen LogP contribution in [0.4, 0.5) is 0 Å². The number of rotatable bonds is 5. The number of nitrogens with zero attached hydrogens (tertiary/aromatic N) is 2. The molecule has 2 heterocycles. The fourth-order valence-corrected chi connectivity index (χ4v) is 4.51. The van der Waals surface area contributed by atoms with Crippen molar-refractivity contribution in [3.8, 4) is 17.2 Å². The number of fused-ring (bicyclic) bond motifs is 2. The van der Waals surface area contributed by atoms with E-state index < -0.39 is 0 Å². The third-order valence-electron chi connectivity index (χ3n) is 5.14. The van der Waals surface area contributed by atoms with Gasteiger partial charge in [-0.25, -0.2) is 4.79 Å². The van der Waals surface area contributed by atoms with Crippen LogP contribution in [-0.2, 0) is 18.6 Å². The fraction of sp³-hybridized carbons (Fsp3) is 0.227. The van der Waals surface area contributed by atoms with Crippen molar-refractivity contribution < 1.29 is 13.6 Å². The van der Waals surface area contributed by atoms with Gasteiger partial charge in [0.05, 0.1) is 12.7 Å². The minimum absolute atomic E-state index is 0.341. The highest BCUT2D eigenvalue weighted by Gasteiger charge is 2.17. The zero-order valence-electron chi connectivity index (χ0n) is 15.8. The number of aryl methyl sites for hydroxylation is 2. The van der Waals surface area contributed by atoms with Gasteiger partial charge in [0.1, 0.15) is 11.3 Å². The zero-order valence-corrected chi connectivity index (χ0v) is 16.6. The molecule has 0 N–H and O–H groups in total. The van der Waals surface area contributed by atoms with E-state index in [1.165, 1.54) is 22.9 Å². The van der Waals surface area contributed by atoms with Crippen LogP contribution in [0.2, 0.25) is 0 Å². The molecule has 4 aromatic rings. The molecule has 1 aliphatic carbocycles. The Bertz CT molecular complexity index is 1260. The number of ether oxygens (including phenoxy) is 1. The molecule has 0 saturated heterocycles. The van der Waals surface area contributed by atoms with Crippen LogP contribution < -0.4 is 10.4 Å². The summed E-state index contributed by atoms with van der Waals surface area (Å²) in [5.74, 6) is 1.61. The topological polar surface area (TPSA) is 78.4 Å². The maximum absolute atomic E-state index is 12.0. The van der Waals surface area contributed by atoms with Crippen molar-refractivity contribution in [3.05, 3.63) is 69.6 Å².